The highest BCUT2D eigenvalue weighted by molar-refractivity contribution is 5.94. The Kier molecular flexibility index (Phi) is 7.73. The zero-order valence-electron chi connectivity index (χ0n) is 16.3. The predicted octanol–water partition coefficient (Wildman–Crippen LogP) is 0.757. The molecule has 2 aromatic rings. The van der Waals surface area contributed by atoms with Gasteiger partial charge in [0.2, 0.25) is 11.8 Å². The van der Waals surface area contributed by atoms with E-state index in [1.165, 1.54) is 0 Å². The maximum absolute atomic E-state index is 12.2. The summed E-state index contributed by atoms with van der Waals surface area (Å²) in [5.41, 5.74) is 13.8. The molecule has 0 radical (unpaired) electrons. The molecule has 2 rings (SSSR count). The molecule has 0 heterocycles. The third kappa shape index (κ3) is 6.93. The van der Waals surface area contributed by atoms with Gasteiger partial charge in [0.05, 0.1) is 6.04 Å². The maximum atomic E-state index is 12.2. The van der Waals surface area contributed by atoms with Crippen molar-refractivity contribution in [1.82, 2.24) is 10.6 Å². The number of phenols is 1. The number of phenolic OH excluding ortho intramolecular Hbond substituents is 1. The van der Waals surface area contributed by atoms with Crippen LogP contribution in [0.3, 0.4) is 0 Å². The topological polar surface area (TPSA) is 154 Å². The molecule has 2 unspecified atom stereocenters. The van der Waals surface area contributed by atoms with Crippen LogP contribution in [0.4, 0.5) is 0 Å². The number of hydrogen-bond donors (Lipinski definition) is 6. The van der Waals surface area contributed by atoms with E-state index in [0.29, 0.717) is 24.9 Å². The lowest BCUT2D eigenvalue weighted by Crippen LogP contribution is -2.50. The highest BCUT2D eigenvalue weighted by Crippen LogP contribution is 2.11. The molecule has 0 fully saturated rings. The average molecular weight is 397 g/mol. The fourth-order valence-electron chi connectivity index (χ4n) is 2.65. The zero-order chi connectivity index (χ0) is 21.4. The number of nitrogen functional groups attached to an aromatic ring is 1. The van der Waals surface area contributed by atoms with E-state index in [1.807, 2.05) is 0 Å². The Bertz CT molecular complexity index is 850. The lowest BCUT2D eigenvalue weighted by Gasteiger charge is -2.17. The number of carbonyl (C=O) groups excluding carboxylic acids is 2. The molecule has 0 aliphatic rings. The van der Waals surface area contributed by atoms with Crippen molar-refractivity contribution < 1.29 is 14.7 Å². The third-order valence-electron chi connectivity index (χ3n) is 4.50. The Morgan fingerprint density at radius 3 is 2.21 bits per heavy atom. The van der Waals surface area contributed by atoms with E-state index in [-0.39, 0.29) is 17.5 Å². The Balaban J connectivity index is 1.76. The molecule has 0 aliphatic heterocycles. The fourth-order valence-corrected chi connectivity index (χ4v) is 2.65. The van der Waals surface area contributed by atoms with Crippen LogP contribution in [0, 0.1) is 5.41 Å². The summed E-state index contributed by atoms with van der Waals surface area (Å²) >= 11 is 0. The van der Waals surface area contributed by atoms with Crippen molar-refractivity contribution in [2.24, 2.45) is 11.5 Å². The minimum atomic E-state index is -0.738. The van der Waals surface area contributed by atoms with Gasteiger partial charge in [-0.3, -0.25) is 15.0 Å². The molecule has 2 aromatic carbocycles. The second-order valence-electron chi connectivity index (χ2n) is 6.87. The molecule has 8 heteroatoms. The molecule has 29 heavy (non-hydrogen) atoms. The molecule has 2 amide bonds. The molecule has 0 saturated carbocycles. The van der Waals surface area contributed by atoms with Crippen LogP contribution >= 0.6 is 0 Å². The lowest BCUT2D eigenvalue weighted by atomic mass is 10.0. The van der Waals surface area contributed by atoms with Crippen LogP contribution in [-0.4, -0.2) is 34.8 Å². The summed E-state index contributed by atoms with van der Waals surface area (Å²) in [6, 6.07) is 12.2. The van der Waals surface area contributed by atoms with Gasteiger partial charge in [0, 0.05) is 12.1 Å². The van der Waals surface area contributed by atoms with Crippen molar-refractivity contribution in [3.8, 4) is 5.75 Å². The Labute approximate surface area is 169 Å². The molecule has 0 aromatic heterocycles. The van der Waals surface area contributed by atoms with E-state index in [2.05, 4.69) is 10.6 Å². The summed E-state index contributed by atoms with van der Waals surface area (Å²) in [7, 11) is 0. The van der Waals surface area contributed by atoms with Crippen molar-refractivity contribution in [2.45, 2.75) is 38.4 Å². The van der Waals surface area contributed by atoms with E-state index < -0.39 is 18.0 Å². The SMILES string of the molecule is CC(NC(=O)C(N)CCc1ccc(O)cc1)C(=O)NCc1ccc(C(=N)N)cc1. The molecule has 0 saturated heterocycles. The quantitative estimate of drug-likeness (QED) is 0.272. The number of rotatable bonds is 9. The number of amidine groups is 1. The Morgan fingerprint density at radius 1 is 1.03 bits per heavy atom. The number of nitrogens with two attached hydrogens (primary N) is 2. The smallest absolute Gasteiger partial charge is 0.242 e. The van der Waals surface area contributed by atoms with Crippen LogP contribution < -0.4 is 22.1 Å². The van der Waals surface area contributed by atoms with Crippen LogP contribution in [0.15, 0.2) is 48.5 Å². The first kappa shape index (κ1) is 21.9. The highest BCUT2D eigenvalue weighted by Gasteiger charge is 2.19. The second kappa shape index (κ2) is 10.2. The van der Waals surface area contributed by atoms with Crippen molar-refractivity contribution >= 4 is 17.6 Å². The van der Waals surface area contributed by atoms with Gasteiger partial charge in [0.25, 0.3) is 0 Å². The van der Waals surface area contributed by atoms with Gasteiger partial charge >= 0.3 is 0 Å². The monoisotopic (exact) mass is 397 g/mol. The first-order chi connectivity index (χ1) is 13.8. The first-order valence-corrected chi connectivity index (χ1v) is 9.31. The standard InChI is InChI=1S/C21H27N5O3/c1-13(20(28)25-12-15-2-7-16(8-3-15)19(23)24)26-21(29)18(22)11-6-14-4-9-17(27)10-5-14/h2-5,7-10,13,18,27H,6,11-12,22H2,1H3,(H3,23,24)(H,25,28)(H,26,29). The molecule has 8 nitrogen and oxygen atoms in total. The fraction of sp³-hybridized carbons (Fsp3) is 0.286. The number of aromatic hydroxyl groups is 1. The summed E-state index contributed by atoms with van der Waals surface area (Å²) < 4.78 is 0. The zero-order valence-corrected chi connectivity index (χ0v) is 16.3. The van der Waals surface area contributed by atoms with Crippen LogP contribution in [0.1, 0.15) is 30.0 Å². The molecular formula is C21H27N5O3. The van der Waals surface area contributed by atoms with Crippen molar-refractivity contribution in [3.05, 3.63) is 65.2 Å². The number of benzene rings is 2. The number of carbonyl (C=O) groups is 2. The maximum Gasteiger partial charge on any atom is 0.242 e. The van der Waals surface area contributed by atoms with Crippen molar-refractivity contribution in [2.75, 3.05) is 0 Å². The molecule has 0 spiro atoms. The minimum absolute atomic E-state index is 0.0151. The lowest BCUT2D eigenvalue weighted by molar-refractivity contribution is -0.129. The molecule has 0 bridgehead atoms. The molecule has 2 atom stereocenters. The van der Waals surface area contributed by atoms with E-state index in [0.717, 1.165) is 11.1 Å². The molecule has 0 aliphatic carbocycles. The predicted molar refractivity (Wildman–Crippen MR) is 111 cm³/mol. The minimum Gasteiger partial charge on any atom is -0.508 e. The average Bonchev–Trinajstić information content (AvgIpc) is 2.71. The molecule has 154 valence electrons. The van der Waals surface area contributed by atoms with Crippen LogP contribution in [0.5, 0.6) is 5.75 Å². The van der Waals surface area contributed by atoms with Gasteiger partial charge in [-0.25, -0.2) is 0 Å². The van der Waals surface area contributed by atoms with E-state index in [9.17, 15) is 14.7 Å². The van der Waals surface area contributed by atoms with Crippen molar-refractivity contribution in [3.63, 3.8) is 0 Å². The number of amides is 2. The Hall–Kier alpha value is -3.39. The van der Waals surface area contributed by atoms with Crippen molar-refractivity contribution in [1.29, 1.82) is 5.41 Å². The summed E-state index contributed by atoms with van der Waals surface area (Å²) in [6.07, 6.45) is 1.01. The molecule has 8 N–H and O–H groups in total. The van der Waals surface area contributed by atoms with Gasteiger partial charge in [-0.2, -0.15) is 0 Å². The number of aryl methyl sites for hydroxylation is 1. The van der Waals surface area contributed by atoms with E-state index >= 15 is 0 Å². The summed E-state index contributed by atoms with van der Waals surface area (Å²) in [5.74, 6) is -0.541. The number of hydrogen-bond acceptors (Lipinski definition) is 5. The largest absolute Gasteiger partial charge is 0.508 e. The molecular weight excluding hydrogens is 370 g/mol. The Morgan fingerprint density at radius 2 is 1.62 bits per heavy atom. The third-order valence-corrected chi connectivity index (χ3v) is 4.50. The van der Waals surface area contributed by atoms with Gasteiger partial charge in [-0.1, -0.05) is 36.4 Å². The van der Waals surface area contributed by atoms with Crippen LogP contribution in [0.2, 0.25) is 0 Å². The highest BCUT2D eigenvalue weighted by atomic mass is 16.3. The summed E-state index contributed by atoms with van der Waals surface area (Å²) in [4.78, 5) is 24.4. The summed E-state index contributed by atoms with van der Waals surface area (Å²) in [5, 5.41) is 22.0. The second-order valence-corrected chi connectivity index (χ2v) is 6.87. The van der Waals surface area contributed by atoms with Gasteiger partial charge < -0.3 is 27.2 Å². The van der Waals surface area contributed by atoms with Gasteiger partial charge in [0.1, 0.15) is 17.6 Å². The first-order valence-electron chi connectivity index (χ1n) is 9.31. The van der Waals surface area contributed by atoms with Crippen LogP contribution in [-0.2, 0) is 22.6 Å². The van der Waals surface area contributed by atoms with Gasteiger partial charge in [-0.05, 0) is 43.0 Å². The van der Waals surface area contributed by atoms with Crippen LogP contribution in [0.25, 0.3) is 0 Å². The van der Waals surface area contributed by atoms with Gasteiger partial charge in [0.15, 0.2) is 0 Å². The van der Waals surface area contributed by atoms with E-state index in [4.69, 9.17) is 16.9 Å². The van der Waals surface area contributed by atoms with Gasteiger partial charge in [-0.15, -0.1) is 0 Å². The van der Waals surface area contributed by atoms with E-state index in [1.54, 1.807) is 55.5 Å². The number of nitrogens with one attached hydrogen (secondary N) is 3. The summed E-state index contributed by atoms with van der Waals surface area (Å²) in [6.45, 7) is 1.89. The normalized spacial score (nSPS) is 12.6.